The molecule has 3 aromatic carbocycles. The number of carbonyl (C=O) groups excluding carboxylic acids is 3. The van der Waals surface area contributed by atoms with E-state index in [1.807, 2.05) is 0 Å². The Labute approximate surface area is 204 Å². The average molecular weight is 497 g/mol. The van der Waals surface area contributed by atoms with E-state index in [9.17, 15) is 18.8 Å². The second kappa shape index (κ2) is 11.4. The number of fused-ring (bicyclic) bond motifs is 1. The molecule has 3 aromatic rings. The molecule has 180 valence electrons. The van der Waals surface area contributed by atoms with Gasteiger partial charge in [-0.15, -0.1) is 11.8 Å². The molecule has 0 fully saturated rings. The lowest BCUT2D eigenvalue weighted by molar-refractivity contribution is -0.124. The summed E-state index contributed by atoms with van der Waals surface area (Å²) in [6.45, 7) is -0.142. The van der Waals surface area contributed by atoms with Gasteiger partial charge in [-0.3, -0.25) is 9.59 Å². The predicted molar refractivity (Wildman–Crippen MR) is 127 cm³/mol. The van der Waals surface area contributed by atoms with E-state index in [1.54, 1.807) is 54.6 Å². The number of thioether (sulfide) groups is 1. The van der Waals surface area contributed by atoms with Crippen molar-refractivity contribution in [3.8, 4) is 11.5 Å². The first kappa shape index (κ1) is 24.1. The van der Waals surface area contributed by atoms with Gasteiger partial charge in [-0.1, -0.05) is 24.3 Å². The number of hydrogen-bond donors (Lipinski definition) is 2. The molecule has 10 heteroatoms. The Kier molecular flexibility index (Phi) is 7.84. The SMILES string of the molecule is O=C(COC(=O)c1ccccc1SCC(=O)Nc1ccc2c(c1)OCO2)NCc1ccc(F)cc1. The van der Waals surface area contributed by atoms with Crippen LogP contribution in [0.15, 0.2) is 71.6 Å². The summed E-state index contributed by atoms with van der Waals surface area (Å²) in [5, 5.41) is 5.38. The molecule has 2 amide bonds. The van der Waals surface area contributed by atoms with E-state index < -0.39 is 18.5 Å². The molecule has 0 bridgehead atoms. The number of ether oxygens (including phenoxy) is 3. The van der Waals surface area contributed by atoms with Crippen LogP contribution in [0.4, 0.5) is 10.1 Å². The number of halogens is 1. The second-order valence-electron chi connectivity index (χ2n) is 7.38. The summed E-state index contributed by atoms with van der Waals surface area (Å²) in [5.41, 5.74) is 1.53. The standard InChI is InChI=1S/C25H21FN2O6S/c26-17-7-5-16(6-8-17)12-27-23(29)13-32-25(31)19-3-1-2-4-22(19)35-14-24(30)28-18-9-10-20-21(11-18)34-15-33-20/h1-11H,12-15H2,(H,27,29)(H,28,30). The second-order valence-corrected chi connectivity index (χ2v) is 8.40. The summed E-state index contributed by atoms with van der Waals surface area (Å²) in [5.74, 6) is -0.568. The minimum absolute atomic E-state index is 0.0525. The maximum absolute atomic E-state index is 13.0. The lowest BCUT2D eigenvalue weighted by atomic mass is 10.2. The van der Waals surface area contributed by atoms with Gasteiger partial charge in [-0.2, -0.15) is 0 Å². The van der Waals surface area contributed by atoms with E-state index in [2.05, 4.69) is 10.6 Å². The first-order chi connectivity index (χ1) is 17.0. The maximum Gasteiger partial charge on any atom is 0.339 e. The van der Waals surface area contributed by atoms with Crippen LogP contribution in [-0.2, 0) is 20.9 Å². The number of benzene rings is 3. The highest BCUT2D eigenvalue weighted by Gasteiger charge is 2.17. The highest BCUT2D eigenvalue weighted by Crippen LogP contribution is 2.34. The van der Waals surface area contributed by atoms with E-state index in [-0.39, 0.29) is 36.4 Å². The molecule has 0 radical (unpaired) electrons. The van der Waals surface area contributed by atoms with Crippen LogP contribution in [0.2, 0.25) is 0 Å². The molecular formula is C25H21FN2O6S. The first-order valence-electron chi connectivity index (χ1n) is 10.6. The van der Waals surface area contributed by atoms with Crippen LogP contribution in [0.1, 0.15) is 15.9 Å². The van der Waals surface area contributed by atoms with Gasteiger partial charge in [0, 0.05) is 23.2 Å². The van der Waals surface area contributed by atoms with Crippen molar-refractivity contribution in [1.82, 2.24) is 5.32 Å². The summed E-state index contributed by atoms with van der Waals surface area (Å²) in [6, 6.07) is 17.5. The largest absolute Gasteiger partial charge is 0.454 e. The van der Waals surface area contributed by atoms with Crippen LogP contribution in [0.25, 0.3) is 0 Å². The van der Waals surface area contributed by atoms with Gasteiger partial charge < -0.3 is 24.8 Å². The molecule has 0 saturated carbocycles. The Morgan fingerprint density at radius 1 is 0.943 bits per heavy atom. The molecule has 0 saturated heterocycles. The van der Waals surface area contributed by atoms with Crippen LogP contribution < -0.4 is 20.1 Å². The topological polar surface area (TPSA) is 103 Å². The van der Waals surface area contributed by atoms with Crippen LogP contribution in [0.5, 0.6) is 11.5 Å². The van der Waals surface area contributed by atoms with Gasteiger partial charge >= 0.3 is 5.97 Å². The molecule has 8 nitrogen and oxygen atoms in total. The molecule has 1 aliphatic rings. The third kappa shape index (κ3) is 6.73. The smallest absolute Gasteiger partial charge is 0.339 e. The third-order valence-electron chi connectivity index (χ3n) is 4.86. The van der Waals surface area contributed by atoms with E-state index in [0.29, 0.717) is 27.6 Å². The number of amides is 2. The van der Waals surface area contributed by atoms with Crippen molar-refractivity contribution in [3.05, 3.63) is 83.7 Å². The molecule has 4 rings (SSSR count). The fourth-order valence-electron chi connectivity index (χ4n) is 3.14. The van der Waals surface area contributed by atoms with Crippen LogP contribution in [0.3, 0.4) is 0 Å². The molecule has 2 N–H and O–H groups in total. The van der Waals surface area contributed by atoms with E-state index in [1.165, 1.54) is 23.9 Å². The Bertz CT molecular complexity index is 1230. The van der Waals surface area contributed by atoms with Gasteiger partial charge in [0.15, 0.2) is 18.1 Å². The van der Waals surface area contributed by atoms with Crippen molar-refractivity contribution < 1.29 is 33.0 Å². The number of hydrogen-bond acceptors (Lipinski definition) is 7. The van der Waals surface area contributed by atoms with Crippen molar-refractivity contribution in [3.63, 3.8) is 0 Å². The predicted octanol–water partition coefficient (Wildman–Crippen LogP) is 3.76. The summed E-state index contributed by atoms with van der Waals surface area (Å²) >= 11 is 1.17. The van der Waals surface area contributed by atoms with E-state index in [4.69, 9.17) is 14.2 Å². The molecule has 0 atom stereocenters. The molecule has 0 spiro atoms. The van der Waals surface area contributed by atoms with Gasteiger partial charge in [0.2, 0.25) is 12.7 Å². The summed E-state index contributed by atoms with van der Waals surface area (Å²) in [6.07, 6.45) is 0. The maximum atomic E-state index is 13.0. The van der Waals surface area contributed by atoms with Crippen molar-refractivity contribution in [2.24, 2.45) is 0 Å². The minimum Gasteiger partial charge on any atom is -0.454 e. The molecule has 1 heterocycles. The molecule has 0 aromatic heterocycles. The summed E-state index contributed by atoms with van der Waals surface area (Å²) in [4.78, 5) is 37.5. The van der Waals surface area contributed by atoms with Crippen LogP contribution in [0, 0.1) is 5.82 Å². The van der Waals surface area contributed by atoms with Crippen molar-refractivity contribution in [2.75, 3.05) is 24.5 Å². The Balaban J connectivity index is 1.26. The highest BCUT2D eigenvalue weighted by atomic mass is 32.2. The molecule has 0 unspecified atom stereocenters. The van der Waals surface area contributed by atoms with Crippen LogP contribution in [-0.4, -0.2) is 36.9 Å². The minimum atomic E-state index is -0.679. The monoisotopic (exact) mass is 496 g/mol. The fraction of sp³-hybridized carbons (Fsp3) is 0.160. The Morgan fingerprint density at radius 3 is 2.54 bits per heavy atom. The van der Waals surface area contributed by atoms with E-state index in [0.717, 1.165) is 0 Å². The summed E-state index contributed by atoms with van der Waals surface area (Å²) < 4.78 is 28.6. The quantitative estimate of drug-likeness (QED) is 0.344. The van der Waals surface area contributed by atoms with Gasteiger partial charge in [0.25, 0.3) is 5.91 Å². The zero-order chi connectivity index (χ0) is 24.6. The number of rotatable bonds is 9. The number of anilines is 1. The van der Waals surface area contributed by atoms with Crippen molar-refractivity contribution in [2.45, 2.75) is 11.4 Å². The van der Waals surface area contributed by atoms with Gasteiger partial charge in [0.1, 0.15) is 5.82 Å². The number of carbonyl (C=O) groups is 3. The third-order valence-corrected chi connectivity index (χ3v) is 5.93. The van der Waals surface area contributed by atoms with Gasteiger partial charge in [-0.05, 0) is 42.0 Å². The van der Waals surface area contributed by atoms with Crippen molar-refractivity contribution >= 4 is 35.2 Å². The molecular weight excluding hydrogens is 475 g/mol. The zero-order valence-electron chi connectivity index (χ0n) is 18.4. The normalized spacial score (nSPS) is 11.6. The summed E-state index contributed by atoms with van der Waals surface area (Å²) in [7, 11) is 0. The van der Waals surface area contributed by atoms with Gasteiger partial charge in [0.05, 0.1) is 11.3 Å². The zero-order valence-corrected chi connectivity index (χ0v) is 19.2. The average Bonchev–Trinajstić information content (AvgIpc) is 3.34. The number of nitrogens with one attached hydrogen (secondary N) is 2. The molecule has 35 heavy (non-hydrogen) atoms. The number of esters is 1. The lowest BCUT2D eigenvalue weighted by Crippen LogP contribution is -2.28. The molecule has 0 aliphatic carbocycles. The van der Waals surface area contributed by atoms with Crippen molar-refractivity contribution in [1.29, 1.82) is 0 Å². The fourth-order valence-corrected chi connectivity index (χ4v) is 3.98. The Hall–Kier alpha value is -4.05. The first-order valence-corrected chi connectivity index (χ1v) is 11.6. The van der Waals surface area contributed by atoms with E-state index >= 15 is 0 Å². The highest BCUT2D eigenvalue weighted by molar-refractivity contribution is 8.00. The van der Waals surface area contributed by atoms with Crippen LogP contribution >= 0.6 is 11.8 Å². The Morgan fingerprint density at radius 2 is 1.71 bits per heavy atom. The van der Waals surface area contributed by atoms with Gasteiger partial charge in [-0.25, -0.2) is 9.18 Å². The lowest BCUT2D eigenvalue weighted by Gasteiger charge is -2.10. The molecule has 1 aliphatic heterocycles.